The summed E-state index contributed by atoms with van der Waals surface area (Å²) >= 11 is 11.7. The zero-order valence-electron chi connectivity index (χ0n) is 6.75. The summed E-state index contributed by atoms with van der Waals surface area (Å²) in [7, 11) is 0. The van der Waals surface area contributed by atoms with Crippen LogP contribution in [-0.2, 0) is 5.88 Å². The molecule has 0 aliphatic heterocycles. The Bertz CT molecular complexity index is 450. The summed E-state index contributed by atoms with van der Waals surface area (Å²) in [6.07, 6.45) is 0. The van der Waals surface area contributed by atoms with Gasteiger partial charge < -0.3 is 5.73 Å². The number of hydrogen-bond acceptors (Lipinski definition) is 3. The van der Waals surface area contributed by atoms with Crippen LogP contribution in [0.3, 0.4) is 0 Å². The van der Waals surface area contributed by atoms with Crippen molar-refractivity contribution >= 4 is 51.3 Å². The van der Waals surface area contributed by atoms with Gasteiger partial charge in [0.2, 0.25) is 0 Å². The van der Waals surface area contributed by atoms with E-state index < -0.39 is 0 Å². The normalized spacial score (nSPS) is 10.9. The fourth-order valence-electron chi connectivity index (χ4n) is 1.24. The lowest BCUT2D eigenvalue weighted by Crippen LogP contribution is -1.90. The van der Waals surface area contributed by atoms with Crippen molar-refractivity contribution < 1.29 is 0 Å². The van der Waals surface area contributed by atoms with Gasteiger partial charge in [-0.3, -0.25) is 0 Å². The highest BCUT2D eigenvalue weighted by Crippen LogP contribution is 2.32. The predicted molar refractivity (Wildman–Crippen MR) is 63.0 cm³/mol. The Morgan fingerprint density at radius 2 is 2.23 bits per heavy atom. The van der Waals surface area contributed by atoms with Crippen molar-refractivity contribution in [2.75, 3.05) is 5.73 Å². The lowest BCUT2D eigenvalue weighted by molar-refractivity contribution is 1.42. The van der Waals surface area contributed by atoms with Crippen LogP contribution in [0.4, 0.5) is 5.69 Å². The van der Waals surface area contributed by atoms with E-state index in [-0.39, 0.29) is 0 Å². The van der Waals surface area contributed by atoms with E-state index in [0.29, 0.717) is 5.88 Å². The summed E-state index contributed by atoms with van der Waals surface area (Å²) in [4.78, 5) is 0.992. The van der Waals surface area contributed by atoms with Gasteiger partial charge in [0.25, 0.3) is 0 Å². The number of hydrogen-bond donors (Lipinski definition) is 2. The average molecular weight is 230 g/mol. The number of anilines is 1. The first-order valence-corrected chi connectivity index (χ1v) is 5.63. The van der Waals surface area contributed by atoms with E-state index in [1.54, 1.807) is 11.3 Å². The van der Waals surface area contributed by atoms with Gasteiger partial charge in [0.1, 0.15) is 0 Å². The molecular formula is C9H8ClNS2. The van der Waals surface area contributed by atoms with Gasteiger partial charge in [0.15, 0.2) is 0 Å². The molecule has 0 radical (unpaired) electrons. The fraction of sp³-hybridized carbons (Fsp3) is 0.111. The summed E-state index contributed by atoms with van der Waals surface area (Å²) in [6.45, 7) is 0. The second kappa shape index (κ2) is 3.40. The molecule has 1 aromatic carbocycles. The van der Waals surface area contributed by atoms with Crippen LogP contribution in [0.15, 0.2) is 22.4 Å². The Morgan fingerprint density at radius 3 is 2.92 bits per heavy atom. The van der Waals surface area contributed by atoms with Crippen molar-refractivity contribution in [3.8, 4) is 0 Å². The van der Waals surface area contributed by atoms with Crippen molar-refractivity contribution in [1.29, 1.82) is 0 Å². The SMILES string of the molecule is Nc1cc2scc(S)c2cc1CCl. The number of alkyl halides is 1. The first-order chi connectivity index (χ1) is 6.22. The highest BCUT2D eigenvalue weighted by Gasteiger charge is 2.05. The molecule has 2 N–H and O–H groups in total. The third-order valence-corrected chi connectivity index (χ3v) is 3.74. The molecule has 13 heavy (non-hydrogen) atoms. The maximum atomic E-state index is 5.80. The van der Waals surface area contributed by atoms with Gasteiger partial charge >= 0.3 is 0 Å². The maximum absolute atomic E-state index is 5.80. The molecule has 0 unspecified atom stereocenters. The van der Waals surface area contributed by atoms with Crippen molar-refractivity contribution in [1.82, 2.24) is 0 Å². The number of halogens is 1. The monoisotopic (exact) mass is 229 g/mol. The third kappa shape index (κ3) is 1.52. The maximum Gasteiger partial charge on any atom is 0.0494 e. The van der Waals surface area contributed by atoms with Crippen molar-refractivity contribution in [2.45, 2.75) is 10.8 Å². The minimum atomic E-state index is 0.449. The first-order valence-electron chi connectivity index (χ1n) is 3.77. The van der Waals surface area contributed by atoms with Crippen LogP contribution in [0.1, 0.15) is 5.56 Å². The standard InChI is InChI=1S/C9H8ClNS2/c10-3-5-1-6-8(12)4-13-9(6)2-7(5)11/h1-2,4,12H,3,11H2. The third-order valence-electron chi connectivity index (χ3n) is 1.96. The molecule has 0 aliphatic carbocycles. The van der Waals surface area contributed by atoms with Crippen LogP contribution in [0.25, 0.3) is 10.1 Å². The minimum Gasteiger partial charge on any atom is -0.398 e. The second-order valence-electron chi connectivity index (χ2n) is 2.80. The van der Waals surface area contributed by atoms with Gasteiger partial charge in [-0.25, -0.2) is 0 Å². The average Bonchev–Trinajstić information content (AvgIpc) is 2.46. The second-order valence-corrected chi connectivity index (χ2v) is 4.46. The number of rotatable bonds is 1. The lowest BCUT2D eigenvalue weighted by atomic mass is 10.1. The van der Waals surface area contributed by atoms with Gasteiger partial charge in [0.05, 0.1) is 0 Å². The molecule has 0 aliphatic rings. The van der Waals surface area contributed by atoms with Gasteiger partial charge in [-0.2, -0.15) is 0 Å². The molecule has 0 spiro atoms. The van der Waals surface area contributed by atoms with E-state index in [0.717, 1.165) is 26.2 Å². The number of nitrogen functional groups attached to an aromatic ring is 1. The first kappa shape index (κ1) is 9.19. The number of benzene rings is 1. The zero-order chi connectivity index (χ0) is 9.42. The van der Waals surface area contributed by atoms with Crippen LogP contribution < -0.4 is 5.73 Å². The molecule has 4 heteroatoms. The number of thiophene rings is 1. The van der Waals surface area contributed by atoms with Crippen molar-refractivity contribution in [3.05, 3.63) is 23.1 Å². The molecule has 0 bridgehead atoms. The van der Waals surface area contributed by atoms with Crippen LogP contribution in [0.5, 0.6) is 0 Å². The van der Waals surface area contributed by atoms with Gasteiger partial charge in [0, 0.05) is 31.9 Å². The van der Waals surface area contributed by atoms with E-state index in [2.05, 4.69) is 12.6 Å². The molecule has 0 fully saturated rings. The Kier molecular flexibility index (Phi) is 2.41. The topological polar surface area (TPSA) is 26.0 Å². The highest BCUT2D eigenvalue weighted by molar-refractivity contribution is 7.80. The summed E-state index contributed by atoms with van der Waals surface area (Å²) in [5.74, 6) is 0.449. The molecule has 0 atom stereocenters. The van der Waals surface area contributed by atoms with E-state index in [9.17, 15) is 0 Å². The van der Waals surface area contributed by atoms with E-state index >= 15 is 0 Å². The molecule has 1 nitrogen and oxygen atoms in total. The number of thiol groups is 1. The van der Waals surface area contributed by atoms with E-state index in [4.69, 9.17) is 17.3 Å². The molecule has 0 saturated heterocycles. The van der Waals surface area contributed by atoms with Gasteiger partial charge in [-0.1, -0.05) is 0 Å². The van der Waals surface area contributed by atoms with Crippen molar-refractivity contribution in [3.63, 3.8) is 0 Å². The molecule has 1 aromatic heterocycles. The summed E-state index contributed by atoms with van der Waals surface area (Å²) in [5, 5.41) is 3.14. The number of fused-ring (bicyclic) bond motifs is 1. The predicted octanol–water partition coefficient (Wildman–Crippen LogP) is 3.51. The summed E-state index contributed by atoms with van der Waals surface area (Å²) in [6, 6.07) is 3.97. The molecule has 2 aromatic rings. The molecule has 2 rings (SSSR count). The van der Waals surface area contributed by atoms with E-state index in [1.165, 1.54) is 0 Å². The van der Waals surface area contributed by atoms with Crippen LogP contribution in [-0.4, -0.2) is 0 Å². The Labute approximate surface area is 90.9 Å². The molecular weight excluding hydrogens is 222 g/mol. The quantitative estimate of drug-likeness (QED) is 0.437. The Hall–Kier alpha value is -0.380. The summed E-state index contributed by atoms with van der Waals surface area (Å²) in [5.41, 5.74) is 7.54. The van der Waals surface area contributed by atoms with E-state index in [1.807, 2.05) is 17.5 Å². The summed E-state index contributed by atoms with van der Waals surface area (Å²) < 4.78 is 1.16. The van der Waals surface area contributed by atoms with Gasteiger partial charge in [-0.15, -0.1) is 35.6 Å². The number of nitrogens with two attached hydrogens (primary N) is 1. The largest absolute Gasteiger partial charge is 0.398 e. The van der Waals surface area contributed by atoms with Gasteiger partial charge in [-0.05, 0) is 17.7 Å². The van der Waals surface area contributed by atoms with Crippen LogP contribution in [0.2, 0.25) is 0 Å². The van der Waals surface area contributed by atoms with Crippen LogP contribution >= 0.6 is 35.6 Å². The lowest BCUT2D eigenvalue weighted by Gasteiger charge is -2.01. The smallest absolute Gasteiger partial charge is 0.0494 e. The molecule has 0 saturated carbocycles. The molecule has 68 valence electrons. The Balaban J connectivity index is 2.77. The fourth-order valence-corrected chi connectivity index (χ4v) is 2.74. The zero-order valence-corrected chi connectivity index (χ0v) is 9.22. The van der Waals surface area contributed by atoms with Crippen LogP contribution in [0, 0.1) is 0 Å². The molecule has 0 amide bonds. The van der Waals surface area contributed by atoms with Crippen molar-refractivity contribution in [2.24, 2.45) is 0 Å². The Morgan fingerprint density at radius 1 is 1.46 bits per heavy atom. The minimum absolute atomic E-state index is 0.449. The highest BCUT2D eigenvalue weighted by atomic mass is 35.5. The molecule has 1 heterocycles.